The second-order valence-electron chi connectivity index (χ2n) is 3.68. The van der Waals surface area contributed by atoms with Gasteiger partial charge in [0, 0.05) is 0 Å². The number of nitrogens with two attached hydrogens (primary N) is 1. The zero-order chi connectivity index (χ0) is 11.0. The quantitative estimate of drug-likeness (QED) is 0.524. The Kier molecular flexibility index (Phi) is 9.33. The molecule has 2 N–H and O–H groups in total. The van der Waals surface area contributed by atoms with Gasteiger partial charge in [-0.25, -0.2) is 0 Å². The van der Waals surface area contributed by atoms with Gasteiger partial charge in [-0.1, -0.05) is 0 Å². The van der Waals surface area contributed by atoms with E-state index in [4.69, 9.17) is 17.7 Å². The van der Waals surface area contributed by atoms with E-state index in [1.165, 1.54) is 0 Å². The summed E-state index contributed by atoms with van der Waals surface area (Å²) in [5, 5.41) is 0. The zero-order valence-electron chi connectivity index (χ0n) is 9.13. The van der Waals surface area contributed by atoms with Crippen molar-refractivity contribution in [2.75, 3.05) is 12.4 Å². The first-order chi connectivity index (χ1) is 6.54. The summed E-state index contributed by atoms with van der Waals surface area (Å²) in [5.41, 5.74) is 5.69. The molecule has 14 heavy (non-hydrogen) atoms. The summed E-state index contributed by atoms with van der Waals surface area (Å²) in [6.07, 6.45) is 2.16. The summed E-state index contributed by atoms with van der Waals surface area (Å²) in [6, 6.07) is 0.281. The van der Waals surface area contributed by atoms with Crippen molar-refractivity contribution in [1.29, 1.82) is 0 Å². The third-order valence-electron chi connectivity index (χ3n) is 2.19. The van der Waals surface area contributed by atoms with Crippen LogP contribution in [0.25, 0.3) is 0 Å². The normalized spacial score (nSPS) is 17.8. The van der Waals surface area contributed by atoms with Crippen molar-refractivity contribution in [3.63, 3.8) is 0 Å². The Morgan fingerprint density at radius 1 is 1.57 bits per heavy atom. The number of rotatable bonds is 8. The van der Waals surface area contributed by atoms with Crippen LogP contribution in [0.5, 0.6) is 0 Å². The second-order valence-corrected chi connectivity index (χ2v) is 18.1. The van der Waals surface area contributed by atoms with E-state index < -0.39 is 17.7 Å². The number of halogens is 1. The first kappa shape index (κ1) is 15.4. The van der Waals surface area contributed by atoms with Gasteiger partial charge in [0.05, 0.1) is 0 Å². The van der Waals surface area contributed by atoms with Crippen LogP contribution in [-0.2, 0) is 3.07 Å². The molecule has 0 radical (unpaired) electrons. The molecule has 0 saturated heterocycles. The fourth-order valence-corrected chi connectivity index (χ4v) is 8.69. The van der Waals surface area contributed by atoms with Crippen molar-refractivity contribution >= 4 is 39.2 Å². The molecular weight excluding hydrogens is 324 g/mol. The summed E-state index contributed by atoms with van der Waals surface area (Å²) in [5.74, 6) is 0.763. The average molecular weight is 347 g/mol. The molecule has 2 unspecified atom stereocenters. The van der Waals surface area contributed by atoms with Gasteiger partial charge in [0.15, 0.2) is 0 Å². The summed E-state index contributed by atoms with van der Waals surface area (Å²) in [7, 11) is 6.50. The molecule has 2 nitrogen and oxygen atoms in total. The van der Waals surface area contributed by atoms with Gasteiger partial charge in [0.2, 0.25) is 0 Å². The van der Waals surface area contributed by atoms with Crippen LogP contribution in [0.2, 0.25) is 8.87 Å². The maximum absolute atomic E-state index is 6.50. The van der Waals surface area contributed by atoms with Crippen LogP contribution in [0.3, 0.4) is 0 Å². The van der Waals surface area contributed by atoms with Gasteiger partial charge in [-0.2, -0.15) is 0 Å². The van der Waals surface area contributed by atoms with Gasteiger partial charge in [0.1, 0.15) is 0 Å². The van der Waals surface area contributed by atoms with Crippen molar-refractivity contribution in [3.8, 4) is 0 Å². The SMILES string of the molecule is C[CH2][Sn]([Cl])([CH2]CCC(C)N)[O]CCS. The van der Waals surface area contributed by atoms with Crippen LogP contribution >= 0.6 is 21.5 Å². The Bertz CT molecular complexity index is 151. The van der Waals surface area contributed by atoms with Gasteiger partial charge in [0.25, 0.3) is 0 Å². The van der Waals surface area contributed by atoms with E-state index in [2.05, 4.69) is 19.6 Å². The Morgan fingerprint density at radius 2 is 2.21 bits per heavy atom. The molecule has 0 aromatic carbocycles. The van der Waals surface area contributed by atoms with Crippen LogP contribution in [0.4, 0.5) is 0 Å². The van der Waals surface area contributed by atoms with Gasteiger partial charge in [-0.05, 0) is 0 Å². The molecule has 0 saturated carbocycles. The monoisotopic (exact) mass is 347 g/mol. The van der Waals surface area contributed by atoms with E-state index in [0.29, 0.717) is 6.61 Å². The van der Waals surface area contributed by atoms with E-state index in [-0.39, 0.29) is 6.04 Å². The molecule has 0 spiro atoms. The molecule has 0 aliphatic heterocycles. The van der Waals surface area contributed by atoms with E-state index in [1.54, 1.807) is 0 Å². The van der Waals surface area contributed by atoms with Crippen LogP contribution in [0, 0.1) is 0 Å². The Balaban J connectivity index is 3.74. The van der Waals surface area contributed by atoms with Crippen molar-refractivity contribution < 1.29 is 3.07 Å². The Labute approximate surface area is 101 Å². The van der Waals surface area contributed by atoms with Crippen molar-refractivity contribution in [2.45, 2.75) is 41.6 Å². The number of thiol groups is 1. The van der Waals surface area contributed by atoms with Gasteiger partial charge in [-0.15, -0.1) is 0 Å². The summed E-state index contributed by atoms with van der Waals surface area (Å²) < 4.78 is 7.87. The molecule has 0 aliphatic carbocycles. The van der Waals surface area contributed by atoms with Crippen molar-refractivity contribution in [2.24, 2.45) is 5.73 Å². The van der Waals surface area contributed by atoms with Gasteiger partial charge in [-0.3, -0.25) is 0 Å². The first-order valence-electron chi connectivity index (χ1n) is 5.23. The molecule has 0 fully saturated rings. The molecule has 2 atom stereocenters. The Hall–Kier alpha value is 1.36. The van der Waals surface area contributed by atoms with E-state index in [9.17, 15) is 0 Å². The topological polar surface area (TPSA) is 35.2 Å². The minimum atomic E-state index is -2.68. The van der Waals surface area contributed by atoms with E-state index in [1.807, 2.05) is 6.92 Å². The molecule has 0 aliphatic rings. The number of hydrogen-bond acceptors (Lipinski definition) is 3. The average Bonchev–Trinajstić information content (AvgIpc) is 2.14. The van der Waals surface area contributed by atoms with Crippen LogP contribution in [0.1, 0.15) is 26.7 Å². The van der Waals surface area contributed by atoms with E-state index >= 15 is 0 Å². The predicted molar refractivity (Wildman–Crippen MR) is 69.6 cm³/mol. The predicted octanol–water partition coefficient (Wildman–Crippen LogP) is 2.76. The van der Waals surface area contributed by atoms with Crippen LogP contribution in [0.15, 0.2) is 0 Å². The third-order valence-corrected chi connectivity index (χ3v) is 14.4. The molecule has 5 heteroatoms. The fourth-order valence-electron chi connectivity index (χ4n) is 1.27. The third kappa shape index (κ3) is 7.62. The standard InChI is InChI=1S/C5H12N.C2H5OS.C2H5.ClH.Sn/c1-3-4-5(2)6;3-1-2-4;1-2;;/h5H,1,3-4,6H2,2H3;4H,1-2H2;1H2,2H3;1H;/q;-1;;;+2/p-1. The molecule has 0 rings (SSSR count). The summed E-state index contributed by atoms with van der Waals surface area (Å²) in [6.45, 7) is 4.87. The summed E-state index contributed by atoms with van der Waals surface area (Å²) in [4.78, 5) is 0. The van der Waals surface area contributed by atoms with Crippen molar-refractivity contribution in [1.82, 2.24) is 0 Å². The maximum atomic E-state index is 6.50. The summed E-state index contributed by atoms with van der Waals surface area (Å²) >= 11 is 1.44. The molecule has 0 aromatic rings. The Morgan fingerprint density at radius 3 is 2.64 bits per heavy atom. The van der Waals surface area contributed by atoms with Crippen molar-refractivity contribution in [3.05, 3.63) is 0 Å². The second kappa shape index (κ2) is 8.50. The number of hydrogen-bond donors (Lipinski definition) is 2. The minimum absolute atomic E-state index is 0.281. The van der Waals surface area contributed by atoms with Crippen LogP contribution < -0.4 is 5.73 Å². The molecular formula is C9H22ClNOSSn. The molecule has 0 amide bonds. The molecule has 0 aromatic heterocycles. The van der Waals surface area contributed by atoms with Crippen LogP contribution in [-0.4, -0.2) is 36.1 Å². The fraction of sp³-hybridized carbons (Fsp3) is 1.00. The van der Waals surface area contributed by atoms with Gasteiger partial charge >= 0.3 is 102 Å². The molecule has 0 heterocycles. The zero-order valence-corrected chi connectivity index (χ0v) is 13.6. The van der Waals surface area contributed by atoms with E-state index in [0.717, 1.165) is 27.5 Å². The first-order valence-corrected chi connectivity index (χ1v) is 14.7. The molecule has 86 valence electrons. The molecule has 0 bridgehead atoms. The van der Waals surface area contributed by atoms with Gasteiger partial charge < -0.3 is 0 Å².